The van der Waals surface area contributed by atoms with E-state index in [2.05, 4.69) is 10.1 Å². The van der Waals surface area contributed by atoms with Crippen LogP contribution in [0.25, 0.3) is 0 Å². The van der Waals surface area contributed by atoms with Gasteiger partial charge in [-0.05, 0) is 32.3 Å². The minimum absolute atomic E-state index is 0.0678. The first kappa shape index (κ1) is 18.3. The summed E-state index contributed by atoms with van der Waals surface area (Å²) in [5.74, 6) is 0. The molecular formula is C17H22N4O2S. The van der Waals surface area contributed by atoms with Crippen LogP contribution in [0.15, 0.2) is 10.2 Å². The summed E-state index contributed by atoms with van der Waals surface area (Å²) < 4.78 is 6.89. The Kier molecular flexibility index (Phi) is 6.23. The summed E-state index contributed by atoms with van der Waals surface area (Å²) in [5, 5.41) is 16.6. The summed E-state index contributed by atoms with van der Waals surface area (Å²) >= 11 is 1.51. The van der Waals surface area contributed by atoms with Crippen LogP contribution < -0.4 is 5.56 Å². The van der Waals surface area contributed by atoms with Crippen LogP contribution >= 0.6 is 11.3 Å². The zero-order valence-corrected chi connectivity index (χ0v) is 15.3. The monoisotopic (exact) mass is 346 g/mol. The molecule has 0 radical (unpaired) electrons. The van der Waals surface area contributed by atoms with Gasteiger partial charge in [-0.2, -0.15) is 10.4 Å². The highest BCUT2D eigenvalue weighted by molar-refractivity contribution is 7.09. The molecule has 0 amide bonds. The lowest BCUT2D eigenvalue weighted by molar-refractivity contribution is 0.0761. The Morgan fingerprint density at radius 1 is 1.38 bits per heavy atom. The first-order valence-corrected chi connectivity index (χ1v) is 9.02. The largest absolute Gasteiger partial charge is 0.372 e. The van der Waals surface area contributed by atoms with E-state index in [1.165, 1.54) is 16.0 Å². The SMILES string of the molecule is CCO[C@@H](C)c1nc(Cn2nc(CC)c(CC)c(C#N)c2=O)cs1. The second kappa shape index (κ2) is 8.18. The van der Waals surface area contributed by atoms with Crippen LogP contribution in [-0.2, 0) is 24.1 Å². The predicted molar refractivity (Wildman–Crippen MR) is 93.2 cm³/mol. The third kappa shape index (κ3) is 3.71. The van der Waals surface area contributed by atoms with E-state index < -0.39 is 0 Å². The van der Waals surface area contributed by atoms with E-state index in [9.17, 15) is 10.1 Å². The van der Waals surface area contributed by atoms with E-state index in [1.54, 1.807) is 0 Å². The second-order valence-corrected chi connectivity index (χ2v) is 6.25. The Morgan fingerprint density at radius 2 is 2.12 bits per heavy atom. The van der Waals surface area contributed by atoms with Crippen molar-refractivity contribution < 1.29 is 4.74 Å². The number of aryl methyl sites for hydroxylation is 1. The molecule has 2 aromatic rings. The average molecular weight is 346 g/mol. The Morgan fingerprint density at radius 3 is 2.71 bits per heavy atom. The Labute approximate surface area is 145 Å². The third-order valence-corrected chi connectivity index (χ3v) is 4.84. The highest BCUT2D eigenvalue weighted by atomic mass is 32.1. The first-order valence-electron chi connectivity index (χ1n) is 8.14. The van der Waals surface area contributed by atoms with Gasteiger partial charge in [0.25, 0.3) is 5.56 Å². The topological polar surface area (TPSA) is 80.8 Å². The molecule has 0 bridgehead atoms. The summed E-state index contributed by atoms with van der Waals surface area (Å²) in [4.78, 5) is 17.1. The van der Waals surface area contributed by atoms with Gasteiger partial charge in [0.1, 0.15) is 22.7 Å². The molecule has 0 spiro atoms. The van der Waals surface area contributed by atoms with Gasteiger partial charge in [0.05, 0.1) is 17.9 Å². The van der Waals surface area contributed by atoms with Gasteiger partial charge in [-0.1, -0.05) is 13.8 Å². The standard InChI is InChI=1S/C17H22N4O2S/c1-5-13-14(8-18)17(22)21(20-15(13)6-2)9-12-10-24-16(19-12)11(4)23-7-3/h10-11H,5-7,9H2,1-4H3/t11-/m0/s1. The van der Waals surface area contributed by atoms with Crippen molar-refractivity contribution in [2.45, 2.75) is 53.2 Å². The summed E-state index contributed by atoms with van der Waals surface area (Å²) in [6, 6.07) is 2.04. The minimum atomic E-state index is -0.348. The Hall–Kier alpha value is -2.04. The molecule has 0 N–H and O–H groups in total. The Balaban J connectivity index is 2.37. The van der Waals surface area contributed by atoms with Gasteiger partial charge in [0.15, 0.2) is 0 Å². The van der Waals surface area contributed by atoms with Gasteiger partial charge in [-0.15, -0.1) is 11.3 Å². The van der Waals surface area contributed by atoms with Crippen LogP contribution in [-0.4, -0.2) is 21.4 Å². The maximum absolute atomic E-state index is 12.5. The minimum Gasteiger partial charge on any atom is -0.372 e. The molecule has 2 rings (SSSR count). The number of hydrogen-bond acceptors (Lipinski definition) is 6. The van der Waals surface area contributed by atoms with E-state index in [4.69, 9.17) is 4.74 Å². The van der Waals surface area contributed by atoms with E-state index in [-0.39, 0.29) is 23.8 Å². The van der Waals surface area contributed by atoms with Crippen LogP contribution in [0.5, 0.6) is 0 Å². The van der Waals surface area contributed by atoms with Crippen molar-refractivity contribution in [2.24, 2.45) is 0 Å². The Bertz CT molecular complexity index is 804. The van der Waals surface area contributed by atoms with E-state index in [0.717, 1.165) is 22.0 Å². The van der Waals surface area contributed by atoms with Gasteiger partial charge in [-0.25, -0.2) is 9.67 Å². The molecule has 0 aliphatic heterocycles. The molecule has 7 heteroatoms. The van der Waals surface area contributed by atoms with Crippen molar-refractivity contribution in [1.82, 2.24) is 14.8 Å². The highest BCUT2D eigenvalue weighted by Gasteiger charge is 2.17. The molecule has 1 atom stereocenters. The lowest BCUT2D eigenvalue weighted by atomic mass is 10.0. The lowest BCUT2D eigenvalue weighted by Gasteiger charge is -2.11. The molecule has 0 saturated heterocycles. The third-order valence-electron chi connectivity index (χ3n) is 3.79. The maximum Gasteiger partial charge on any atom is 0.285 e. The fourth-order valence-electron chi connectivity index (χ4n) is 2.60. The summed E-state index contributed by atoms with van der Waals surface area (Å²) in [6.45, 7) is 8.70. The average Bonchev–Trinajstić information content (AvgIpc) is 3.05. The van der Waals surface area contributed by atoms with E-state index in [1.807, 2.05) is 39.1 Å². The summed E-state index contributed by atoms with van der Waals surface area (Å²) in [7, 11) is 0. The molecular weight excluding hydrogens is 324 g/mol. The molecule has 24 heavy (non-hydrogen) atoms. The van der Waals surface area contributed by atoms with Crippen molar-refractivity contribution in [2.75, 3.05) is 6.61 Å². The highest BCUT2D eigenvalue weighted by Crippen LogP contribution is 2.21. The van der Waals surface area contributed by atoms with Crippen LogP contribution in [0.4, 0.5) is 0 Å². The zero-order valence-electron chi connectivity index (χ0n) is 14.5. The summed E-state index contributed by atoms with van der Waals surface area (Å²) in [6.07, 6.45) is 1.24. The molecule has 0 fully saturated rings. The fraction of sp³-hybridized carbons (Fsp3) is 0.529. The van der Waals surface area contributed by atoms with Gasteiger partial charge >= 0.3 is 0 Å². The molecule has 0 saturated carbocycles. The van der Waals surface area contributed by atoms with Crippen molar-refractivity contribution in [3.05, 3.63) is 43.3 Å². The summed E-state index contributed by atoms with van der Waals surface area (Å²) in [5.41, 5.74) is 2.16. The number of thiazole rings is 1. The van der Waals surface area contributed by atoms with Crippen LogP contribution in [0.2, 0.25) is 0 Å². The van der Waals surface area contributed by atoms with Crippen molar-refractivity contribution in [3.8, 4) is 6.07 Å². The molecule has 0 aliphatic rings. The fourth-order valence-corrected chi connectivity index (χ4v) is 3.41. The normalized spacial score (nSPS) is 12.1. The molecule has 2 heterocycles. The van der Waals surface area contributed by atoms with E-state index >= 15 is 0 Å². The van der Waals surface area contributed by atoms with Crippen molar-refractivity contribution in [1.29, 1.82) is 5.26 Å². The van der Waals surface area contributed by atoms with Gasteiger partial charge < -0.3 is 4.74 Å². The quantitative estimate of drug-likeness (QED) is 0.770. The van der Waals surface area contributed by atoms with Crippen LogP contribution in [0, 0.1) is 11.3 Å². The van der Waals surface area contributed by atoms with E-state index in [0.29, 0.717) is 19.4 Å². The molecule has 6 nitrogen and oxygen atoms in total. The number of nitrogens with zero attached hydrogens (tertiary/aromatic N) is 4. The predicted octanol–water partition coefficient (Wildman–Crippen LogP) is 2.84. The molecule has 0 aromatic carbocycles. The molecule has 0 unspecified atom stereocenters. The number of rotatable bonds is 7. The number of nitriles is 1. The first-order chi connectivity index (χ1) is 11.5. The smallest absolute Gasteiger partial charge is 0.285 e. The molecule has 128 valence electrons. The number of hydrogen-bond donors (Lipinski definition) is 0. The maximum atomic E-state index is 12.5. The van der Waals surface area contributed by atoms with Gasteiger partial charge in [-0.3, -0.25) is 4.79 Å². The number of aromatic nitrogens is 3. The second-order valence-electron chi connectivity index (χ2n) is 5.36. The van der Waals surface area contributed by atoms with Crippen LogP contribution in [0.1, 0.15) is 61.3 Å². The van der Waals surface area contributed by atoms with Crippen molar-refractivity contribution in [3.63, 3.8) is 0 Å². The number of ether oxygens (including phenoxy) is 1. The zero-order chi connectivity index (χ0) is 17.7. The molecule has 2 aromatic heterocycles. The van der Waals surface area contributed by atoms with Crippen LogP contribution in [0.3, 0.4) is 0 Å². The van der Waals surface area contributed by atoms with Crippen molar-refractivity contribution >= 4 is 11.3 Å². The lowest BCUT2D eigenvalue weighted by Crippen LogP contribution is -2.29. The van der Waals surface area contributed by atoms with Gasteiger partial charge in [0.2, 0.25) is 0 Å². The van der Waals surface area contributed by atoms with Gasteiger partial charge in [0, 0.05) is 12.0 Å². The molecule has 0 aliphatic carbocycles.